The first-order valence-corrected chi connectivity index (χ1v) is 11.5. The Bertz CT molecular complexity index is 1130. The molecule has 0 bridgehead atoms. The van der Waals surface area contributed by atoms with Crippen LogP contribution in [0.15, 0.2) is 35.8 Å². The largest absolute Gasteiger partial charge is 0.368 e. The Hall–Kier alpha value is -2.43. The highest BCUT2D eigenvalue weighted by molar-refractivity contribution is 7.04. The number of hydrogen-bond donors (Lipinski definition) is 3. The van der Waals surface area contributed by atoms with Gasteiger partial charge in [-0.3, -0.25) is 9.59 Å². The molecule has 1 aromatic carbocycles. The summed E-state index contributed by atoms with van der Waals surface area (Å²) in [6.45, 7) is 3.64. The number of carbonyl (C=O) groups excluding carboxylic acids is 2. The van der Waals surface area contributed by atoms with Crippen molar-refractivity contribution in [2.45, 2.75) is 0 Å². The molecule has 0 radical (unpaired) electrons. The number of hydrogen-bond acceptors (Lipinski definition) is 7. The van der Waals surface area contributed by atoms with E-state index >= 15 is 0 Å². The van der Waals surface area contributed by atoms with Gasteiger partial charge in [-0.25, -0.2) is 4.98 Å². The molecule has 8 nitrogen and oxygen atoms in total. The van der Waals surface area contributed by atoms with Gasteiger partial charge in [0.15, 0.2) is 5.69 Å². The number of anilines is 3. The fourth-order valence-electron chi connectivity index (χ4n) is 3.18. The Morgan fingerprint density at radius 2 is 1.75 bits per heavy atom. The number of halogens is 3. The van der Waals surface area contributed by atoms with Crippen molar-refractivity contribution in [1.29, 1.82) is 0 Å². The first kappa shape index (κ1) is 22.8. The lowest BCUT2D eigenvalue weighted by Crippen LogP contribution is -2.43. The molecular formula is C20H17Cl3N6O2S. The summed E-state index contributed by atoms with van der Waals surface area (Å²) >= 11 is 19.1. The number of nitrogens with zero attached hydrogens (tertiary/aromatic N) is 3. The van der Waals surface area contributed by atoms with Gasteiger partial charge in [-0.15, -0.1) is 0 Å². The number of carbonyl (C=O) groups is 2. The molecule has 0 atom stereocenters. The molecule has 1 saturated heterocycles. The third kappa shape index (κ3) is 5.13. The first-order valence-electron chi connectivity index (χ1n) is 9.55. The number of rotatable bonds is 5. The zero-order valence-electron chi connectivity index (χ0n) is 16.5. The predicted molar refractivity (Wildman–Crippen MR) is 129 cm³/mol. The van der Waals surface area contributed by atoms with E-state index in [4.69, 9.17) is 34.8 Å². The highest BCUT2D eigenvalue weighted by Crippen LogP contribution is 2.30. The van der Waals surface area contributed by atoms with E-state index in [1.807, 2.05) is 6.07 Å². The van der Waals surface area contributed by atoms with Crippen LogP contribution in [-0.2, 0) is 0 Å². The van der Waals surface area contributed by atoms with Crippen molar-refractivity contribution in [2.75, 3.05) is 41.7 Å². The standard InChI is InChI=1S/C20H17Cl3N6O2S/c21-11-7-13(22)17(14(23)8-11)19(30)26-15-10-32-28-18(15)20(31)27-16-2-1-12(9-25-16)29-5-3-24-4-6-29/h1-2,7-10,24H,3-6H2,(H,26,30)(H,25,27,31). The normalized spacial score (nSPS) is 13.7. The number of amides is 2. The van der Waals surface area contributed by atoms with Crippen molar-refractivity contribution in [3.63, 3.8) is 0 Å². The van der Waals surface area contributed by atoms with Gasteiger partial charge < -0.3 is 20.9 Å². The molecule has 32 heavy (non-hydrogen) atoms. The van der Waals surface area contributed by atoms with Gasteiger partial charge in [0.25, 0.3) is 11.8 Å². The Kier molecular flexibility index (Phi) is 7.12. The summed E-state index contributed by atoms with van der Waals surface area (Å²) in [5.41, 5.74) is 1.33. The summed E-state index contributed by atoms with van der Waals surface area (Å²) in [7, 11) is 0. The van der Waals surface area contributed by atoms with Crippen LogP contribution in [0.4, 0.5) is 17.2 Å². The molecule has 3 heterocycles. The van der Waals surface area contributed by atoms with E-state index in [-0.39, 0.29) is 27.0 Å². The summed E-state index contributed by atoms with van der Waals surface area (Å²) in [5.74, 6) is -0.704. The van der Waals surface area contributed by atoms with Gasteiger partial charge in [-0.1, -0.05) is 34.8 Å². The highest BCUT2D eigenvalue weighted by Gasteiger charge is 2.21. The minimum absolute atomic E-state index is 0.0533. The topological polar surface area (TPSA) is 99.2 Å². The van der Waals surface area contributed by atoms with Crippen LogP contribution in [0, 0.1) is 0 Å². The second-order valence-electron chi connectivity index (χ2n) is 6.87. The summed E-state index contributed by atoms with van der Waals surface area (Å²) in [6, 6.07) is 6.47. The van der Waals surface area contributed by atoms with Crippen molar-refractivity contribution in [1.82, 2.24) is 14.7 Å². The van der Waals surface area contributed by atoms with E-state index in [1.54, 1.807) is 17.6 Å². The van der Waals surface area contributed by atoms with Gasteiger partial charge in [0, 0.05) is 36.6 Å². The monoisotopic (exact) mass is 510 g/mol. The second kappa shape index (κ2) is 10.0. The maximum atomic E-state index is 12.7. The smallest absolute Gasteiger partial charge is 0.278 e. The van der Waals surface area contributed by atoms with Crippen LogP contribution in [0.3, 0.4) is 0 Å². The molecule has 0 unspecified atom stereocenters. The number of benzene rings is 1. The Morgan fingerprint density at radius 1 is 1.03 bits per heavy atom. The predicted octanol–water partition coefficient (Wildman–Crippen LogP) is 4.41. The number of nitrogens with one attached hydrogen (secondary N) is 3. The maximum absolute atomic E-state index is 12.7. The molecule has 1 aliphatic heterocycles. The van der Waals surface area contributed by atoms with Gasteiger partial charge in [0.05, 0.1) is 33.2 Å². The molecular weight excluding hydrogens is 495 g/mol. The summed E-state index contributed by atoms with van der Waals surface area (Å²) < 4.78 is 4.09. The van der Waals surface area contributed by atoms with Crippen LogP contribution in [0.5, 0.6) is 0 Å². The van der Waals surface area contributed by atoms with Crippen molar-refractivity contribution < 1.29 is 9.59 Å². The molecule has 1 aliphatic rings. The average molecular weight is 512 g/mol. The number of pyridine rings is 1. The first-order chi connectivity index (χ1) is 15.4. The zero-order valence-corrected chi connectivity index (χ0v) is 19.6. The minimum atomic E-state index is -0.579. The van der Waals surface area contributed by atoms with Crippen LogP contribution in [0.25, 0.3) is 0 Å². The molecule has 3 aromatic rings. The van der Waals surface area contributed by atoms with E-state index in [0.29, 0.717) is 10.8 Å². The van der Waals surface area contributed by atoms with Crippen LogP contribution >= 0.6 is 46.3 Å². The van der Waals surface area contributed by atoms with Crippen LogP contribution in [0.2, 0.25) is 15.1 Å². The molecule has 4 rings (SSSR count). The lowest BCUT2D eigenvalue weighted by Gasteiger charge is -2.29. The fraction of sp³-hybridized carbons (Fsp3) is 0.200. The zero-order chi connectivity index (χ0) is 22.7. The van der Waals surface area contributed by atoms with E-state index in [0.717, 1.165) is 43.4 Å². The molecule has 166 valence electrons. The quantitative estimate of drug-likeness (QED) is 0.469. The lowest BCUT2D eigenvalue weighted by molar-refractivity contribution is 0.102. The van der Waals surface area contributed by atoms with E-state index in [9.17, 15) is 9.59 Å². The Labute approximate surface area is 203 Å². The summed E-state index contributed by atoms with van der Waals surface area (Å²) in [5, 5.41) is 10.7. The van der Waals surface area contributed by atoms with Gasteiger partial charge in [0.2, 0.25) is 0 Å². The van der Waals surface area contributed by atoms with Gasteiger partial charge in [-0.2, -0.15) is 4.37 Å². The van der Waals surface area contributed by atoms with Crippen LogP contribution in [-0.4, -0.2) is 47.4 Å². The summed E-state index contributed by atoms with van der Waals surface area (Å²) in [6.07, 6.45) is 1.72. The minimum Gasteiger partial charge on any atom is -0.368 e. The molecule has 3 N–H and O–H groups in total. The van der Waals surface area contributed by atoms with Crippen LogP contribution < -0.4 is 20.9 Å². The van der Waals surface area contributed by atoms with Crippen LogP contribution in [0.1, 0.15) is 20.8 Å². The molecule has 1 fully saturated rings. The highest BCUT2D eigenvalue weighted by atomic mass is 35.5. The van der Waals surface area contributed by atoms with E-state index < -0.39 is 11.8 Å². The Balaban J connectivity index is 1.45. The molecule has 12 heteroatoms. The molecule has 2 aromatic heterocycles. The van der Waals surface area contributed by atoms with Crippen molar-refractivity contribution in [2.24, 2.45) is 0 Å². The Morgan fingerprint density at radius 3 is 2.41 bits per heavy atom. The molecule has 2 amide bonds. The van der Waals surface area contributed by atoms with Gasteiger partial charge in [-0.05, 0) is 35.8 Å². The third-order valence-electron chi connectivity index (χ3n) is 4.74. The van der Waals surface area contributed by atoms with E-state index in [1.165, 1.54) is 12.1 Å². The van der Waals surface area contributed by atoms with Crippen molar-refractivity contribution in [3.8, 4) is 0 Å². The van der Waals surface area contributed by atoms with E-state index in [2.05, 4.69) is 30.2 Å². The molecule has 0 saturated carbocycles. The number of aromatic nitrogens is 2. The molecule has 0 spiro atoms. The van der Waals surface area contributed by atoms with Gasteiger partial charge in [0.1, 0.15) is 5.82 Å². The number of piperazine rings is 1. The summed E-state index contributed by atoms with van der Waals surface area (Å²) in [4.78, 5) is 32.0. The maximum Gasteiger partial charge on any atom is 0.278 e. The third-order valence-corrected chi connectivity index (χ3v) is 6.18. The SMILES string of the molecule is O=C(Nc1ccc(N2CCNCC2)cn1)c1nscc1NC(=O)c1c(Cl)cc(Cl)cc1Cl. The van der Waals surface area contributed by atoms with Crippen molar-refractivity contribution >= 4 is 75.3 Å². The van der Waals surface area contributed by atoms with Gasteiger partial charge >= 0.3 is 0 Å². The second-order valence-corrected chi connectivity index (χ2v) is 8.75. The fourth-order valence-corrected chi connectivity index (χ4v) is 4.78. The van der Waals surface area contributed by atoms with Crippen molar-refractivity contribution in [3.05, 3.63) is 62.2 Å². The lowest BCUT2D eigenvalue weighted by atomic mass is 10.2. The molecule has 0 aliphatic carbocycles. The average Bonchev–Trinajstić information content (AvgIpc) is 3.22.